The number of nitrogens with one attached hydrogen (secondary N) is 1. The molecule has 1 aliphatic carbocycles. The molecule has 9 heteroatoms. The van der Waals surface area contributed by atoms with E-state index in [1.807, 2.05) is 0 Å². The summed E-state index contributed by atoms with van der Waals surface area (Å²) in [6.45, 7) is 0. The minimum Gasteiger partial charge on any atom is -0.334 e. The molecule has 2 aromatic carbocycles. The average molecular weight is 421 g/mol. The zero-order chi connectivity index (χ0) is 18.9. The monoisotopic (exact) mass is 420 g/mol. The van der Waals surface area contributed by atoms with Crippen LogP contribution in [0.4, 0.5) is 5.69 Å². The standard InChI is InChI=1S/C19H20N4O3S.ClH/c20-19(12-4-5-13-19)18-21-17(26-22-18)14-8-10-15(11-9-14)23-27(24,25)16-6-2-1-3-7-16;/h1-3,6-11,23H,4-5,12-13,20H2;1H. The number of anilines is 1. The van der Waals surface area contributed by atoms with Crippen molar-refractivity contribution in [3.63, 3.8) is 0 Å². The van der Waals surface area contributed by atoms with Crippen molar-refractivity contribution in [2.75, 3.05) is 4.72 Å². The summed E-state index contributed by atoms with van der Waals surface area (Å²) in [5, 5.41) is 4.05. The molecule has 3 N–H and O–H groups in total. The van der Waals surface area contributed by atoms with Crippen LogP contribution >= 0.6 is 12.4 Å². The van der Waals surface area contributed by atoms with Crippen molar-refractivity contribution in [1.82, 2.24) is 10.1 Å². The molecule has 3 aromatic rings. The first-order valence-corrected chi connectivity index (χ1v) is 10.3. The third-order valence-electron chi connectivity index (χ3n) is 4.80. The van der Waals surface area contributed by atoms with E-state index in [1.165, 1.54) is 0 Å². The van der Waals surface area contributed by atoms with Crippen LogP contribution in [0.15, 0.2) is 64.0 Å². The third kappa shape index (κ3) is 4.04. The molecule has 1 aliphatic rings. The Bertz CT molecular complexity index is 1030. The molecule has 1 saturated carbocycles. The molecular formula is C19H21ClN4O3S. The van der Waals surface area contributed by atoms with Crippen LogP contribution in [0, 0.1) is 0 Å². The molecule has 0 unspecified atom stereocenters. The number of nitrogens with zero attached hydrogens (tertiary/aromatic N) is 2. The van der Waals surface area contributed by atoms with Gasteiger partial charge in [0.1, 0.15) is 0 Å². The number of benzene rings is 2. The van der Waals surface area contributed by atoms with Crippen molar-refractivity contribution in [2.45, 2.75) is 36.1 Å². The molecule has 0 radical (unpaired) electrons. The molecule has 7 nitrogen and oxygen atoms in total. The highest BCUT2D eigenvalue weighted by Crippen LogP contribution is 2.35. The number of aromatic nitrogens is 2. The molecule has 1 fully saturated rings. The van der Waals surface area contributed by atoms with Gasteiger partial charge >= 0.3 is 0 Å². The zero-order valence-electron chi connectivity index (χ0n) is 15.0. The average Bonchev–Trinajstić information content (AvgIpc) is 3.33. The molecule has 0 atom stereocenters. The first-order valence-electron chi connectivity index (χ1n) is 8.78. The highest BCUT2D eigenvalue weighted by molar-refractivity contribution is 7.92. The Labute approximate surface area is 169 Å². The fourth-order valence-electron chi connectivity index (χ4n) is 3.27. The minimum atomic E-state index is -3.62. The summed E-state index contributed by atoms with van der Waals surface area (Å²) in [5.74, 6) is 0.906. The lowest BCUT2D eigenvalue weighted by molar-refractivity contribution is 0.372. The number of hydrogen-bond acceptors (Lipinski definition) is 6. The minimum absolute atomic E-state index is 0. The van der Waals surface area contributed by atoms with Gasteiger partial charge in [-0.3, -0.25) is 4.72 Å². The van der Waals surface area contributed by atoms with Crippen molar-refractivity contribution in [3.8, 4) is 11.5 Å². The van der Waals surface area contributed by atoms with Gasteiger partial charge in [-0.05, 0) is 49.2 Å². The number of hydrogen-bond donors (Lipinski definition) is 2. The number of sulfonamides is 1. The van der Waals surface area contributed by atoms with E-state index in [0.717, 1.165) is 25.7 Å². The van der Waals surface area contributed by atoms with Crippen LogP contribution < -0.4 is 10.5 Å². The van der Waals surface area contributed by atoms with E-state index in [-0.39, 0.29) is 17.3 Å². The summed E-state index contributed by atoms with van der Waals surface area (Å²) < 4.78 is 32.7. The lowest BCUT2D eigenvalue weighted by Crippen LogP contribution is -2.34. The van der Waals surface area contributed by atoms with Gasteiger partial charge in [-0.2, -0.15) is 4.98 Å². The van der Waals surface area contributed by atoms with Crippen molar-refractivity contribution in [1.29, 1.82) is 0 Å². The molecule has 4 rings (SSSR count). The lowest BCUT2D eigenvalue weighted by atomic mass is 9.99. The number of rotatable bonds is 5. The SMILES string of the molecule is Cl.NC1(c2noc(-c3ccc(NS(=O)(=O)c4ccccc4)cc3)n2)CCCC1. The largest absolute Gasteiger partial charge is 0.334 e. The normalized spacial score (nSPS) is 15.8. The van der Waals surface area contributed by atoms with Crippen LogP contribution in [0.1, 0.15) is 31.5 Å². The molecule has 28 heavy (non-hydrogen) atoms. The van der Waals surface area contributed by atoms with Crippen LogP contribution in [-0.2, 0) is 15.6 Å². The number of nitrogens with two attached hydrogens (primary N) is 1. The van der Waals surface area contributed by atoms with Crippen LogP contribution in [0.25, 0.3) is 11.5 Å². The Balaban J connectivity index is 0.00000225. The van der Waals surface area contributed by atoms with Gasteiger partial charge in [0, 0.05) is 11.3 Å². The van der Waals surface area contributed by atoms with Gasteiger partial charge in [0.15, 0.2) is 5.82 Å². The highest BCUT2D eigenvalue weighted by Gasteiger charge is 2.36. The molecule has 148 valence electrons. The second-order valence-corrected chi connectivity index (χ2v) is 8.46. The van der Waals surface area contributed by atoms with Crippen LogP contribution in [0.2, 0.25) is 0 Å². The molecular weight excluding hydrogens is 400 g/mol. The fraction of sp³-hybridized carbons (Fsp3) is 0.263. The predicted molar refractivity (Wildman–Crippen MR) is 109 cm³/mol. The molecule has 0 saturated heterocycles. The summed E-state index contributed by atoms with van der Waals surface area (Å²) in [7, 11) is -3.62. The van der Waals surface area contributed by atoms with Crippen LogP contribution in [-0.4, -0.2) is 18.6 Å². The van der Waals surface area contributed by atoms with E-state index in [9.17, 15) is 8.42 Å². The van der Waals surface area contributed by atoms with Gasteiger partial charge in [0.2, 0.25) is 0 Å². The Kier molecular flexibility index (Phi) is 5.74. The molecule has 0 spiro atoms. The van der Waals surface area contributed by atoms with E-state index in [2.05, 4.69) is 14.9 Å². The van der Waals surface area contributed by atoms with Gasteiger partial charge in [-0.1, -0.05) is 36.2 Å². The summed E-state index contributed by atoms with van der Waals surface area (Å²) in [6.07, 6.45) is 3.84. The van der Waals surface area contributed by atoms with Gasteiger partial charge < -0.3 is 10.3 Å². The van der Waals surface area contributed by atoms with Gasteiger partial charge in [0.05, 0.1) is 10.4 Å². The smallest absolute Gasteiger partial charge is 0.261 e. The van der Waals surface area contributed by atoms with Gasteiger partial charge in [0.25, 0.3) is 15.9 Å². The summed E-state index contributed by atoms with van der Waals surface area (Å²) in [4.78, 5) is 4.65. The van der Waals surface area contributed by atoms with Crippen molar-refractivity contribution < 1.29 is 12.9 Å². The third-order valence-corrected chi connectivity index (χ3v) is 6.20. The Morgan fingerprint density at radius 2 is 1.64 bits per heavy atom. The zero-order valence-corrected chi connectivity index (χ0v) is 16.7. The summed E-state index contributed by atoms with van der Waals surface area (Å²) >= 11 is 0. The molecule has 1 heterocycles. The second-order valence-electron chi connectivity index (χ2n) is 6.78. The molecule has 1 aromatic heterocycles. The van der Waals surface area contributed by atoms with E-state index < -0.39 is 15.6 Å². The molecule has 0 amide bonds. The van der Waals surface area contributed by atoms with Crippen molar-refractivity contribution >= 4 is 28.1 Å². The summed E-state index contributed by atoms with van der Waals surface area (Å²) in [5.41, 5.74) is 7.01. The van der Waals surface area contributed by atoms with Crippen LogP contribution in [0.3, 0.4) is 0 Å². The molecule has 0 aliphatic heterocycles. The number of halogens is 1. The van der Waals surface area contributed by atoms with Crippen LogP contribution in [0.5, 0.6) is 0 Å². The first-order chi connectivity index (χ1) is 13.0. The van der Waals surface area contributed by atoms with E-state index in [4.69, 9.17) is 10.3 Å². The lowest BCUT2D eigenvalue weighted by Gasteiger charge is -2.17. The van der Waals surface area contributed by atoms with Gasteiger partial charge in [-0.15, -0.1) is 12.4 Å². The quantitative estimate of drug-likeness (QED) is 0.651. The maximum Gasteiger partial charge on any atom is 0.261 e. The Morgan fingerprint density at radius 1 is 1.00 bits per heavy atom. The molecule has 0 bridgehead atoms. The second kappa shape index (κ2) is 7.90. The van der Waals surface area contributed by atoms with Crippen molar-refractivity contribution in [3.05, 3.63) is 60.4 Å². The van der Waals surface area contributed by atoms with E-state index in [0.29, 0.717) is 23.0 Å². The Hall–Kier alpha value is -2.42. The first kappa shape index (κ1) is 20.3. The fourth-order valence-corrected chi connectivity index (χ4v) is 4.35. The predicted octanol–water partition coefficient (Wildman–Crippen LogP) is 3.69. The maximum absolute atomic E-state index is 12.4. The summed E-state index contributed by atoms with van der Waals surface area (Å²) in [6, 6.07) is 15.0. The maximum atomic E-state index is 12.4. The van der Waals surface area contributed by atoms with E-state index in [1.54, 1.807) is 54.6 Å². The van der Waals surface area contributed by atoms with Crippen molar-refractivity contribution in [2.24, 2.45) is 5.73 Å². The highest BCUT2D eigenvalue weighted by atomic mass is 35.5. The van der Waals surface area contributed by atoms with E-state index >= 15 is 0 Å². The topological polar surface area (TPSA) is 111 Å². The van der Waals surface area contributed by atoms with Gasteiger partial charge in [-0.25, -0.2) is 8.42 Å². The Morgan fingerprint density at radius 3 is 2.29 bits per heavy atom.